The summed E-state index contributed by atoms with van der Waals surface area (Å²) in [6.45, 7) is 3.71. The summed E-state index contributed by atoms with van der Waals surface area (Å²) in [7, 11) is 0. The molecule has 3 rings (SSSR count). The van der Waals surface area contributed by atoms with Crippen LogP contribution < -0.4 is 5.32 Å². The summed E-state index contributed by atoms with van der Waals surface area (Å²) in [5.41, 5.74) is 0.818. The van der Waals surface area contributed by atoms with Gasteiger partial charge in [-0.3, -0.25) is 9.20 Å². The van der Waals surface area contributed by atoms with E-state index in [9.17, 15) is 4.79 Å². The topological polar surface area (TPSA) is 72.2 Å². The molecule has 0 aliphatic carbocycles. The lowest BCUT2D eigenvalue weighted by molar-refractivity contribution is 0.102. The second-order valence-corrected chi connectivity index (χ2v) is 5.61. The van der Waals surface area contributed by atoms with E-state index in [1.165, 1.54) is 17.5 Å². The van der Waals surface area contributed by atoms with Crippen molar-refractivity contribution >= 4 is 39.6 Å². The van der Waals surface area contributed by atoms with Gasteiger partial charge in [0, 0.05) is 11.9 Å². The van der Waals surface area contributed by atoms with E-state index in [2.05, 4.69) is 20.5 Å². The number of halogens is 1. The van der Waals surface area contributed by atoms with Crippen molar-refractivity contribution in [3.05, 3.63) is 39.7 Å². The van der Waals surface area contributed by atoms with Gasteiger partial charge in [-0.15, -0.1) is 10.2 Å². The largest absolute Gasteiger partial charge is 0.306 e. The first-order valence-electron chi connectivity index (χ1n) is 5.80. The lowest BCUT2D eigenvalue weighted by atomic mass is 10.3. The molecule has 0 bridgehead atoms. The summed E-state index contributed by atoms with van der Waals surface area (Å²) >= 11 is 7.05. The van der Waals surface area contributed by atoms with E-state index in [0.29, 0.717) is 20.7 Å². The fourth-order valence-electron chi connectivity index (χ4n) is 1.90. The van der Waals surface area contributed by atoms with Crippen molar-refractivity contribution in [2.45, 2.75) is 13.8 Å². The Hall–Kier alpha value is -1.99. The van der Waals surface area contributed by atoms with E-state index in [1.807, 2.05) is 18.2 Å². The second-order valence-electron chi connectivity index (χ2n) is 4.20. The number of rotatable bonds is 2. The summed E-state index contributed by atoms with van der Waals surface area (Å²) < 4.78 is 1.86. The van der Waals surface area contributed by atoms with Gasteiger partial charge in [-0.25, -0.2) is 4.98 Å². The molecule has 0 saturated carbocycles. The third-order valence-electron chi connectivity index (χ3n) is 2.83. The SMILES string of the molecule is Cc1nnc2sc(C(=O)Nc3ccc(Cl)cn3)c(C)n12. The van der Waals surface area contributed by atoms with Gasteiger partial charge >= 0.3 is 0 Å². The molecule has 1 N–H and O–H groups in total. The summed E-state index contributed by atoms with van der Waals surface area (Å²) in [5, 5.41) is 11.3. The van der Waals surface area contributed by atoms with Crippen LogP contribution in [0, 0.1) is 13.8 Å². The van der Waals surface area contributed by atoms with Crippen LogP contribution in [0.25, 0.3) is 4.96 Å². The number of aryl methyl sites for hydroxylation is 2. The van der Waals surface area contributed by atoms with Crippen molar-refractivity contribution in [1.82, 2.24) is 19.6 Å². The number of aromatic nitrogens is 4. The van der Waals surface area contributed by atoms with Gasteiger partial charge in [0.2, 0.25) is 4.96 Å². The van der Waals surface area contributed by atoms with Crippen molar-refractivity contribution in [3.8, 4) is 0 Å². The van der Waals surface area contributed by atoms with Crippen molar-refractivity contribution in [1.29, 1.82) is 0 Å². The molecule has 3 aromatic heterocycles. The monoisotopic (exact) mass is 307 g/mol. The van der Waals surface area contributed by atoms with Crippen LogP contribution in [0.1, 0.15) is 21.2 Å². The Labute approximate surface area is 123 Å². The molecule has 3 heterocycles. The number of nitrogens with one attached hydrogen (secondary N) is 1. The Morgan fingerprint density at radius 3 is 2.80 bits per heavy atom. The van der Waals surface area contributed by atoms with Gasteiger partial charge in [-0.1, -0.05) is 22.9 Å². The Morgan fingerprint density at radius 2 is 2.15 bits per heavy atom. The van der Waals surface area contributed by atoms with Crippen LogP contribution in [0.2, 0.25) is 5.02 Å². The molecule has 8 heteroatoms. The first-order chi connectivity index (χ1) is 9.56. The summed E-state index contributed by atoms with van der Waals surface area (Å²) in [4.78, 5) is 17.6. The average molecular weight is 308 g/mol. The number of carbonyl (C=O) groups is 1. The van der Waals surface area contributed by atoms with Gasteiger partial charge in [-0.05, 0) is 26.0 Å². The summed E-state index contributed by atoms with van der Waals surface area (Å²) in [5.74, 6) is 1.00. The van der Waals surface area contributed by atoms with Crippen molar-refractivity contribution in [2.75, 3.05) is 5.32 Å². The van der Waals surface area contributed by atoms with Crippen LogP contribution in [0.3, 0.4) is 0 Å². The molecule has 0 atom stereocenters. The van der Waals surface area contributed by atoms with Crippen LogP contribution in [0.4, 0.5) is 5.82 Å². The number of anilines is 1. The quantitative estimate of drug-likeness (QED) is 0.790. The smallest absolute Gasteiger partial charge is 0.268 e. The van der Waals surface area contributed by atoms with Crippen molar-refractivity contribution in [2.24, 2.45) is 0 Å². The molecule has 0 fully saturated rings. The summed E-state index contributed by atoms with van der Waals surface area (Å²) in [6.07, 6.45) is 1.49. The molecule has 0 spiro atoms. The summed E-state index contributed by atoms with van der Waals surface area (Å²) in [6, 6.07) is 3.33. The normalized spacial score (nSPS) is 10.9. The Bertz CT molecular complexity index is 792. The standard InChI is InChI=1S/C12H10ClN5OS/c1-6-10(20-12-17-16-7(2)18(6)12)11(19)15-9-4-3-8(13)5-14-9/h3-5H,1-2H3,(H,14,15,19). The Kier molecular flexibility index (Phi) is 3.15. The zero-order valence-corrected chi connectivity index (χ0v) is 12.3. The highest BCUT2D eigenvalue weighted by molar-refractivity contribution is 7.19. The van der Waals surface area contributed by atoms with E-state index in [0.717, 1.165) is 11.5 Å². The van der Waals surface area contributed by atoms with E-state index < -0.39 is 0 Å². The van der Waals surface area contributed by atoms with Gasteiger partial charge in [0.05, 0.1) is 5.02 Å². The second kappa shape index (κ2) is 4.84. The lowest BCUT2D eigenvalue weighted by Gasteiger charge is -2.03. The highest BCUT2D eigenvalue weighted by Crippen LogP contribution is 2.23. The van der Waals surface area contributed by atoms with Crippen LogP contribution >= 0.6 is 22.9 Å². The number of nitrogens with zero attached hydrogens (tertiary/aromatic N) is 4. The number of hydrogen-bond acceptors (Lipinski definition) is 5. The van der Waals surface area contributed by atoms with Gasteiger partial charge in [0.15, 0.2) is 0 Å². The number of thiazole rings is 1. The van der Waals surface area contributed by atoms with E-state index >= 15 is 0 Å². The van der Waals surface area contributed by atoms with Crippen LogP contribution in [0.5, 0.6) is 0 Å². The molecule has 102 valence electrons. The Balaban J connectivity index is 1.92. The molecule has 0 saturated heterocycles. The first-order valence-corrected chi connectivity index (χ1v) is 7.00. The zero-order valence-electron chi connectivity index (χ0n) is 10.7. The minimum Gasteiger partial charge on any atom is -0.306 e. The predicted molar refractivity (Wildman–Crippen MR) is 77.5 cm³/mol. The maximum atomic E-state index is 12.3. The number of carbonyl (C=O) groups excluding carboxylic acids is 1. The highest BCUT2D eigenvalue weighted by Gasteiger charge is 2.18. The third kappa shape index (κ3) is 2.14. The third-order valence-corrected chi connectivity index (χ3v) is 4.18. The van der Waals surface area contributed by atoms with Gasteiger partial charge in [0.25, 0.3) is 5.91 Å². The van der Waals surface area contributed by atoms with Gasteiger partial charge < -0.3 is 5.32 Å². The molecular weight excluding hydrogens is 298 g/mol. The fourth-order valence-corrected chi connectivity index (χ4v) is 3.01. The molecule has 0 unspecified atom stereocenters. The molecular formula is C12H10ClN5OS. The highest BCUT2D eigenvalue weighted by atomic mass is 35.5. The Morgan fingerprint density at radius 1 is 1.35 bits per heavy atom. The van der Waals surface area contributed by atoms with E-state index in [-0.39, 0.29) is 5.91 Å². The molecule has 0 radical (unpaired) electrons. The molecule has 6 nitrogen and oxygen atoms in total. The minimum atomic E-state index is -0.216. The van der Waals surface area contributed by atoms with E-state index in [1.54, 1.807) is 12.1 Å². The minimum absolute atomic E-state index is 0.216. The maximum Gasteiger partial charge on any atom is 0.268 e. The van der Waals surface area contributed by atoms with Crippen molar-refractivity contribution < 1.29 is 4.79 Å². The molecule has 3 aromatic rings. The zero-order chi connectivity index (χ0) is 14.3. The molecule has 0 aromatic carbocycles. The fraction of sp³-hybridized carbons (Fsp3) is 0.167. The van der Waals surface area contributed by atoms with Gasteiger partial charge in [0.1, 0.15) is 16.5 Å². The number of fused-ring (bicyclic) bond motifs is 1. The lowest BCUT2D eigenvalue weighted by Crippen LogP contribution is -2.13. The van der Waals surface area contributed by atoms with E-state index in [4.69, 9.17) is 11.6 Å². The van der Waals surface area contributed by atoms with Crippen molar-refractivity contribution in [3.63, 3.8) is 0 Å². The molecule has 20 heavy (non-hydrogen) atoms. The van der Waals surface area contributed by atoms with Crippen LogP contribution in [-0.4, -0.2) is 25.5 Å². The van der Waals surface area contributed by atoms with Crippen LogP contribution in [-0.2, 0) is 0 Å². The molecule has 0 aliphatic heterocycles. The molecule has 1 amide bonds. The maximum absolute atomic E-state index is 12.3. The molecule has 0 aliphatic rings. The number of amides is 1. The number of hydrogen-bond donors (Lipinski definition) is 1. The predicted octanol–water partition coefficient (Wildman–Crippen LogP) is 2.71. The number of pyridine rings is 1. The van der Waals surface area contributed by atoms with Gasteiger partial charge in [-0.2, -0.15) is 0 Å². The first kappa shape index (κ1) is 13.0. The average Bonchev–Trinajstić information content (AvgIpc) is 2.94. The van der Waals surface area contributed by atoms with Crippen LogP contribution in [0.15, 0.2) is 18.3 Å².